The van der Waals surface area contributed by atoms with Crippen LogP contribution in [-0.4, -0.2) is 67.7 Å². The molecule has 0 bridgehead atoms. The Morgan fingerprint density at radius 1 is 1.20 bits per heavy atom. The Labute approximate surface area is 134 Å². The Bertz CT molecular complexity index is 281. The van der Waals surface area contributed by atoms with Gasteiger partial charge < -0.3 is 20.3 Å². The Morgan fingerprint density at radius 2 is 1.75 bits per heavy atom. The van der Waals surface area contributed by atoms with E-state index in [9.17, 15) is 4.79 Å². The van der Waals surface area contributed by atoms with Crippen molar-refractivity contribution in [1.29, 1.82) is 0 Å². The van der Waals surface area contributed by atoms with Crippen molar-refractivity contribution < 1.29 is 9.53 Å². The molecule has 0 aromatic rings. The molecular weight excluding hydrogens is 301 g/mol. The number of hydrogen-bond acceptors (Lipinski definition) is 4. The minimum Gasteiger partial charge on any atom is -0.381 e. The molecule has 0 radical (unpaired) electrons. The van der Waals surface area contributed by atoms with Crippen LogP contribution in [0.15, 0.2) is 0 Å². The van der Waals surface area contributed by atoms with E-state index in [1.807, 2.05) is 4.90 Å². The van der Waals surface area contributed by atoms with E-state index in [-0.39, 0.29) is 36.8 Å². The van der Waals surface area contributed by atoms with Crippen LogP contribution in [0.25, 0.3) is 0 Å². The lowest BCUT2D eigenvalue weighted by Crippen LogP contribution is -2.55. The molecule has 2 N–H and O–H groups in total. The summed E-state index contributed by atoms with van der Waals surface area (Å²) in [6.07, 6.45) is 1.84. The highest BCUT2D eigenvalue weighted by atomic mass is 35.5. The second-order valence-corrected chi connectivity index (χ2v) is 5.24. The van der Waals surface area contributed by atoms with Gasteiger partial charge in [0.05, 0.1) is 6.04 Å². The molecule has 5 nitrogen and oxygen atoms in total. The van der Waals surface area contributed by atoms with Gasteiger partial charge in [-0.3, -0.25) is 4.79 Å². The zero-order valence-corrected chi connectivity index (χ0v) is 13.8. The number of nitrogens with zero attached hydrogens (tertiary/aromatic N) is 2. The predicted octanol–water partition coefficient (Wildman–Crippen LogP) is 0.748. The van der Waals surface area contributed by atoms with Gasteiger partial charge in [0.25, 0.3) is 0 Å². The molecule has 120 valence electrons. The van der Waals surface area contributed by atoms with E-state index in [1.54, 1.807) is 0 Å². The van der Waals surface area contributed by atoms with Crippen LogP contribution >= 0.6 is 24.8 Å². The molecule has 2 aliphatic rings. The fraction of sp³-hybridized carbons (Fsp3) is 0.923. The number of likely N-dealkylation sites (N-methyl/N-ethyl adjacent to an activating group) is 1. The fourth-order valence-electron chi connectivity index (χ4n) is 2.77. The van der Waals surface area contributed by atoms with E-state index in [2.05, 4.69) is 11.8 Å². The first-order valence-electron chi connectivity index (χ1n) is 7.07. The van der Waals surface area contributed by atoms with Gasteiger partial charge in [-0.05, 0) is 25.3 Å². The topological polar surface area (TPSA) is 58.8 Å². The number of piperazine rings is 1. The third-order valence-electron chi connectivity index (χ3n) is 4.19. The van der Waals surface area contributed by atoms with Gasteiger partial charge in [0.2, 0.25) is 5.91 Å². The van der Waals surface area contributed by atoms with Crippen LogP contribution in [0.2, 0.25) is 0 Å². The molecule has 1 amide bonds. The molecule has 2 fully saturated rings. The summed E-state index contributed by atoms with van der Waals surface area (Å²) in [5, 5.41) is 0. The average Bonchev–Trinajstić information content (AvgIpc) is 2.47. The maximum Gasteiger partial charge on any atom is 0.239 e. The normalized spacial score (nSPS) is 22.6. The van der Waals surface area contributed by atoms with Crippen molar-refractivity contribution in [2.45, 2.75) is 25.8 Å². The Balaban J connectivity index is 0.00000180. The zero-order chi connectivity index (χ0) is 13.0. The molecule has 0 aromatic carbocycles. The van der Waals surface area contributed by atoms with Crippen molar-refractivity contribution in [3.05, 3.63) is 0 Å². The second kappa shape index (κ2) is 9.79. The summed E-state index contributed by atoms with van der Waals surface area (Å²) in [7, 11) is 0. The summed E-state index contributed by atoms with van der Waals surface area (Å²) in [6.45, 7) is 8.31. The molecule has 1 atom stereocenters. The number of amides is 1. The Morgan fingerprint density at radius 3 is 2.25 bits per heavy atom. The van der Waals surface area contributed by atoms with Crippen molar-refractivity contribution in [3.8, 4) is 0 Å². The number of carbonyl (C=O) groups is 1. The van der Waals surface area contributed by atoms with Crippen LogP contribution in [0.1, 0.15) is 19.8 Å². The second-order valence-electron chi connectivity index (χ2n) is 5.24. The number of carbonyl (C=O) groups excluding carboxylic acids is 1. The maximum absolute atomic E-state index is 12.3. The first-order valence-corrected chi connectivity index (χ1v) is 7.07. The number of ether oxygens (including phenoxy) is 1. The van der Waals surface area contributed by atoms with Crippen LogP contribution in [-0.2, 0) is 9.53 Å². The van der Waals surface area contributed by atoms with Gasteiger partial charge in [0, 0.05) is 39.4 Å². The van der Waals surface area contributed by atoms with Crippen molar-refractivity contribution in [2.75, 3.05) is 45.9 Å². The highest BCUT2D eigenvalue weighted by Gasteiger charge is 2.31. The summed E-state index contributed by atoms with van der Waals surface area (Å²) >= 11 is 0. The molecule has 2 heterocycles. The van der Waals surface area contributed by atoms with Gasteiger partial charge in [-0.2, -0.15) is 0 Å². The Hall–Kier alpha value is -0.0700. The molecule has 0 aliphatic carbocycles. The van der Waals surface area contributed by atoms with E-state index in [0.717, 1.165) is 58.8 Å². The number of halogens is 2. The summed E-state index contributed by atoms with van der Waals surface area (Å²) < 4.78 is 5.32. The smallest absolute Gasteiger partial charge is 0.239 e. The third kappa shape index (κ3) is 5.04. The average molecular weight is 328 g/mol. The first kappa shape index (κ1) is 19.9. The van der Waals surface area contributed by atoms with Crippen LogP contribution in [0, 0.1) is 5.92 Å². The maximum atomic E-state index is 12.3. The summed E-state index contributed by atoms with van der Waals surface area (Å²) in [4.78, 5) is 16.6. The van der Waals surface area contributed by atoms with Gasteiger partial charge in [-0.15, -0.1) is 24.8 Å². The molecular formula is C13H27Cl2N3O2. The van der Waals surface area contributed by atoms with E-state index in [4.69, 9.17) is 10.5 Å². The minimum absolute atomic E-state index is 0. The minimum atomic E-state index is -0.331. The number of nitrogens with two attached hydrogens (primary N) is 1. The SMILES string of the molecule is CCN1CCN(C(=O)C(N)C2CCOCC2)CC1.Cl.Cl. The number of rotatable bonds is 3. The van der Waals surface area contributed by atoms with E-state index >= 15 is 0 Å². The predicted molar refractivity (Wildman–Crippen MR) is 84.7 cm³/mol. The van der Waals surface area contributed by atoms with E-state index in [0.29, 0.717) is 5.92 Å². The fourth-order valence-corrected chi connectivity index (χ4v) is 2.77. The van der Waals surface area contributed by atoms with Gasteiger partial charge in [0.1, 0.15) is 0 Å². The van der Waals surface area contributed by atoms with Crippen LogP contribution < -0.4 is 5.73 Å². The van der Waals surface area contributed by atoms with Gasteiger partial charge >= 0.3 is 0 Å². The van der Waals surface area contributed by atoms with Gasteiger partial charge in [-0.25, -0.2) is 0 Å². The van der Waals surface area contributed by atoms with Gasteiger partial charge in [0.15, 0.2) is 0 Å². The molecule has 0 saturated carbocycles. The van der Waals surface area contributed by atoms with E-state index in [1.165, 1.54) is 0 Å². The summed E-state index contributed by atoms with van der Waals surface area (Å²) in [5.74, 6) is 0.438. The van der Waals surface area contributed by atoms with Crippen LogP contribution in [0.4, 0.5) is 0 Å². The molecule has 2 saturated heterocycles. The Kier molecular flexibility index (Phi) is 9.76. The molecule has 2 aliphatic heterocycles. The van der Waals surface area contributed by atoms with Crippen LogP contribution in [0.3, 0.4) is 0 Å². The monoisotopic (exact) mass is 327 g/mol. The standard InChI is InChI=1S/C13H25N3O2.2ClH/c1-2-15-5-7-16(8-6-15)13(17)12(14)11-3-9-18-10-4-11;;/h11-12H,2-10,14H2,1H3;2*1H. The lowest BCUT2D eigenvalue weighted by molar-refractivity contribution is -0.136. The van der Waals surface area contributed by atoms with Crippen molar-refractivity contribution in [1.82, 2.24) is 9.80 Å². The lowest BCUT2D eigenvalue weighted by Gasteiger charge is -2.37. The number of hydrogen-bond donors (Lipinski definition) is 1. The first-order chi connectivity index (χ1) is 8.72. The largest absolute Gasteiger partial charge is 0.381 e. The zero-order valence-electron chi connectivity index (χ0n) is 12.1. The van der Waals surface area contributed by atoms with Crippen LogP contribution in [0.5, 0.6) is 0 Å². The third-order valence-corrected chi connectivity index (χ3v) is 4.19. The summed E-state index contributed by atoms with van der Waals surface area (Å²) in [6, 6.07) is -0.331. The van der Waals surface area contributed by atoms with Crippen molar-refractivity contribution >= 4 is 30.7 Å². The van der Waals surface area contributed by atoms with E-state index < -0.39 is 0 Å². The quantitative estimate of drug-likeness (QED) is 0.831. The summed E-state index contributed by atoms with van der Waals surface area (Å²) in [5.41, 5.74) is 6.13. The van der Waals surface area contributed by atoms with Crippen molar-refractivity contribution in [2.24, 2.45) is 11.7 Å². The highest BCUT2D eigenvalue weighted by Crippen LogP contribution is 2.19. The van der Waals surface area contributed by atoms with Crippen molar-refractivity contribution in [3.63, 3.8) is 0 Å². The molecule has 2 rings (SSSR count). The molecule has 1 unspecified atom stereocenters. The molecule has 0 spiro atoms. The van der Waals surface area contributed by atoms with Gasteiger partial charge in [-0.1, -0.05) is 6.92 Å². The molecule has 20 heavy (non-hydrogen) atoms. The highest BCUT2D eigenvalue weighted by molar-refractivity contribution is 5.85. The molecule has 7 heteroatoms. The molecule has 0 aromatic heterocycles. The lowest BCUT2D eigenvalue weighted by atomic mass is 9.91.